The fourth-order valence-corrected chi connectivity index (χ4v) is 2.41. The van der Waals surface area contributed by atoms with Crippen LogP contribution in [0.15, 0.2) is 24.3 Å². The Balaban J connectivity index is 1.96. The van der Waals surface area contributed by atoms with Crippen molar-refractivity contribution in [1.29, 1.82) is 0 Å². The first-order valence-corrected chi connectivity index (χ1v) is 6.62. The van der Waals surface area contributed by atoms with Crippen molar-refractivity contribution in [2.24, 2.45) is 5.92 Å². The highest BCUT2D eigenvalue weighted by Gasteiger charge is 2.36. The summed E-state index contributed by atoms with van der Waals surface area (Å²) in [6.45, 7) is 2.63. The van der Waals surface area contributed by atoms with Crippen molar-refractivity contribution >= 4 is 11.6 Å². The third kappa shape index (κ3) is 3.70. The van der Waals surface area contributed by atoms with Gasteiger partial charge < -0.3 is 9.84 Å². The van der Waals surface area contributed by atoms with Gasteiger partial charge in [0.2, 0.25) is 0 Å². The van der Waals surface area contributed by atoms with Crippen molar-refractivity contribution in [3.8, 4) is 0 Å². The Labute approximate surface area is 108 Å². The maximum Gasteiger partial charge on any atom is 0.0865 e. The van der Waals surface area contributed by atoms with E-state index in [1.165, 1.54) is 12.8 Å². The van der Waals surface area contributed by atoms with Crippen LogP contribution in [0.2, 0.25) is 5.02 Å². The van der Waals surface area contributed by atoms with Crippen LogP contribution >= 0.6 is 11.6 Å². The maximum absolute atomic E-state index is 10.2. The minimum atomic E-state index is -0.430. The van der Waals surface area contributed by atoms with Crippen molar-refractivity contribution in [2.45, 2.75) is 38.4 Å². The van der Waals surface area contributed by atoms with E-state index in [0.29, 0.717) is 24.0 Å². The molecule has 0 radical (unpaired) electrons. The quantitative estimate of drug-likeness (QED) is 0.846. The lowest BCUT2D eigenvalue weighted by Crippen LogP contribution is -2.32. The predicted molar refractivity (Wildman–Crippen MR) is 69.3 cm³/mol. The zero-order valence-electron chi connectivity index (χ0n) is 10.1. The minimum absolute atomic E-state index is 0.0148. The second kappa shape index (κ2) is 5.85. The van der Waals surface area contributed by atoms with Crippen LogP contribution in [0.5, 0.6) is 0 Å². The lowest BCUT2D eigenvalue weighted by Gasteiger charge is -2.22. The molecule has 0 bridgehead atoms. The molecule has 2 atom stereocenters. The smallest absolute Gasteiger partial charge is 0.0865 e. The molecular weight excluding hydrogens is 236 g/mol. The number of benzene rings is 1. The van der Waals surface area contributed by atoms with Gasteiger partial charge in [-0.2, -0.15) is 0 Å². The number of aliphatic hydroxyl groups is 1. The molecule has 1 N–H and O–H groups in total. The molecule has 1 fully saturated rings. The van der Waals surface area contributed by atoms with Crippen LogP contribution in [0.25, 0.3) is 0 Å². The number of rotatable bonds is 6. The lowest BCUT2D eigenvalue weighted by atomic mass is 10.0. The van der Waals surface area contributed by atoms with Crippen molar-refractivity contribution in [3.05, 3.63) is 34.9 Å². The monoisotopic (exact) mass is 254 g/mol. The van der Waals surface area contributed by atoms with Gasteiger partial charge in [-0.3, -0.25) is 0 Å². The van der Waals surface area contributed by atoms with Crippen LogP contribution in [0, 0.1) is 5.92 Å². The Morgan fingerprint density at radius 3 is 2.82 bits per heavy atom. The van der Waals surface area contributed by atoms with Crippen LogP contribution < -0.4 is 0 Å². The van der Waals surface area contributed by atoms with Gasteiger partial charge in [0.05, 0.1) is 12.2 Å². The van der Waals surface area contributed by atoms with Crippen molar-refractivity contribution in [1.82, 2.24) is 0 Å². The van der Waals surface area contributed by atoms with E-state index in [-0.39, 0.29) is 6.10 Å². The number of hydrogen-bond acceptors (Lipinski definition) is 2. The van der Waals surface area contributed by atoms with E-state index in [2.05, 4.69) is 0 Å². The molecule has 1 aromatic rings. The number of ether oxygens (including phenoxy) is 1. The molecule has 94 valence electrons. The van der Waals surface area contributed by atoms with E-state index in [1.807, 2.05) is 31.2 Å². The summed E-state index contributed by atoms with van der Waals surface area (Å²) < 4.78 is 5.65. The first kappa shape index (κ1) is 12.9. The highest BCUT2D eigenvalue weighted by atomic mass is 35.5. The number of aliphatic hydroxyl groups excluding tert-OH is 1. The zero-order valence-corrected chi connectivity index (χ0v) is 10.9. The van der Waals surface area contributed by atoms with Crippen molar-refractivity contribution in [2.75, 3.05) is 6.61 Å². The second-order valence-electron chi connectivity index (χ2n) is 4.66. The summed E-state index contributed by atoms with van der Waals surface area (Å²) in [6.07, 6.45) is 2.52. The van der Waals surface area contributed by atoms with Crippen molar-refractivity contribution in [3.63, 3.8) is 0 Å². The van der Waals surface area contributed by atoms with E-state index in [9.17, 15) is 5.11 Å². The molecule has 1 aromatic carbocycles. The first-order chi connectivity index (χ1) is 8.20. The Morgan fingerprint density at radius 1 is 1.47 bits per heavy atom. The minimum Gasteiger partial charge on any atom is -0.390 e. The van der Waals surface area contributed by atoms with Crippen molar-refractivity contribution < 1.29 is 9.84 Å². The van der Waals surface area contributed by atoms with Crippen LogP contribution in [0.4, 0.5) is 0 Å². The number of halogens is 1. The van der Waals surface area contributed by atoms with Gasteiger partial charge in [0.1, 0.15) is 0 Å². The Bertz CT molecular complexity index is 363. The van der Waals surface area contributed by atoms with Gasteiger partial charge >= 0.3 is 0 Å². The zero-order chi connectivity index (χ0) is 12.3. The normalized spacial score (nSPS) is 19.0. The summed E-state index contributed by atoms with van der Waals surface area (Å²) in [7, 11) is 0. The largest absolute Gasteiger partial charge is 0.390 e. The van der Waals surface area contributed by atoms with Crippen LogP contribution in [-0.2, 0) is 11.2 Å². The van der Waals surface area contributed by atoms with Crippen LogP contribution in [-0.4, -0.2) is 23.9 Å². The Morgan fingerprint density at radius 2 is 2.24 bits per heavy atom. The van der Waals surface area contributed by atoms with Gasteiger partial charge in [0.15, 0.2) is 0 Å². The van der Waals surface area contributed by atoms with Crippen LogP contribution in [0.3, 0.4) is 0 Å². The summed E-state index contributed by atoms with van der Waals surface area (Å²) in [5.74, 6) is 0.545. The van der Waals surface area contributed by atoms with Crippen LogP contribution in [0.1, 0.15) is 25.3 Å². The van der Waals surface area contributed by atoms with Gasteiger partial charge in [0, 0.05) is 18.1 Å². The summed E-state index contributed by atoms with van der Waals surface area (Å²) in [6, 6.07) is 7.65. The summed E-state index contributed by atoms with van der Waals surface area (Å²) >= 11 is 5.93. The molecule has 2 nitrogen and oxygen atoms in total. The van der Waals surface area contributed by atoms with Gasteiger partial charge in [-0.05, 0) is 43.4 Å². The van der Waals surface area contributed by atoms with E-state index in [1.54, 1.807) is 0 Å². The summed E-state index contributed by atoms with van der Waals surface area (Å²) in [5, 5.41) is 10.9. The fourth-order valence-electron chi connectivity index (χ4n) is 2.20. The van der Waals surface area contributed by atoms with Gasteiger partial charge in [-0.25, -0.2) is 0 Å². The topological polar surface area (TPSA) is 29.5 Å². The van der Waals surface area contributed by atoms with Gasteiger partial charge in [0.25, 0.3) is 0 Å². The molecule has 0 spiro atoms. The van der Waals surface area contributed by atoms with E-state index < -0.39 is 6.10 Å². The average molecular weight is 255 g/mol. The molecule has 0 amide bonds. The fraction of sp³-hybridized carbons (Fsp3) is 0.571. The molecular formula is C14H19ClO2. The molecule has 0 heterocycles. The summed E-state index contributed by atoms with van der Waals surface area (Å²) in [4.78, 5) is 0. The molecule has 0 aromatic heterocycles. The van der Waals surface area contributed by atoms with Gasteiger partial charge in [-0.1, -0.05) is 23.7 Å². The average Bonchev–Trinajstić information content (AvgIpc) is 3.09. The molecule has 17 heavy (non-hydrogen) atoms. The third-order valence-corrected chi connectivity index (χ3v) is 3.39. The highest BCUT2D eigenvalue weighted by Crippen LogP contribution is 2.36. The van der Waals surface area contributed by atoms with E-state index >= 15 is 0 Å². The maximum atomic E-state index is 10.2. The second-order valence-corrected chi connectivity index (χ2v) is 5.10. The molecule has 0 saturated heterocycles. The summed E-state index contributed by atoms with van der Waals surface area (Å²) in [5.41, 5.74) is 1.07. The third-order valence-electron chi connectivity index (χ3n) is 3.16. The first-order valence-electron chi connectivity index (χ1n) is 6.24. The van der Waals surface area contributed by atoms with Gasteiger partial charge in [-0.15, -0.1) is 0 Å². The molecule has 1 aliphatic carbocycles. The standard InChI is InChI=1S/C14H19ClO2/c1-2-17-14(11-6-7-11)13(16)9-10-4-3-5-12(15)8-10/h3-5,8,11,13-14,16H,2,6-7,9H2,1H3. The SMILES string of the molecule is CCOC(C(O)Cc1cccc(Cl)c1)C1CC1. The Hall–Kier alpha value is -0.570. The highest BCUT2D eigenvalue weighted by molar-refractivity contribution is 6.30. The molecule has 2 unspecified atom stereocenters. The van der Waals surface area contributed by atoms with E-state index in [0.717, 1.165) is 5.56 Å². The molecule has 0 aliphatic heterocycles. The lowest BCUT2D eigenvalue weighted by molar-refractivity contribution is -0.0439. The number of hydrogen-bond donors (Lipinski definition) is 1. The molecule has 1 aliphatic rings. The Kier molecular flexibility index (Phi) is 4.43. The van der Waals surface area contributed by atoms with E-state index in [4.69, 9.17) is 16.3 Å². The predicted octanol–water partition coefficient (Wildman–Crippen LogP) is 3.06. The molecule has 3 heteroatoms. The molecule has 1 saturated carbocycles. The molecule has 2 rings (SSSR count).